The lowest BCUT2D eigenvalue weighted by Crippen LogP contribution is -2.38. The predicted molar refractivity (Wildman–Crippen MR) is 80.8 cm³/mol. The number of ether oxygens (including phenoxy) is 1. The number of hydrogen-bond acceptors (Lipinski definition) is 1. The quantitative estimate of drug-likeness (QED) is 0.742. The third kappa shape index (κ3) is 2.90. The molecule has 1 saturated heterocycles. The Bertz CT molecular complexity index is 372. The third-order valence-electron chi connectivity index (χ3n) is 3.83. The number of benzene rings is 1. The molecule has 1 fully saturated rings. The first-order valence-electron chi connectivity index (χ1n) is 6.67. The lowest BCUT2D eigenvalue weighted by molar-refractivity contribution is -0.0209. The van der Waals surface area contributed by atoms with E-state index in [9.17, 15) is 0 Å². The summed E-state index contributed by atoms with van der Waals surface area (Å²) in [6, 6.07) is 9.29. The van der Waals surface area contributed by atoms with Gasteiger partial charge in [-0.3, -0.25) is 0 Å². The summed E-state index contributed by atoms with van der Waals surface area (Å²) < 4.78 is 6.05. The molecular weight excluding hydrogens is 240 g/mol. The van der Waals surface area contributed by atoms with Gasteiger partial charge in [-0.15, -0.1) is 0 Å². The van der Waals surface area contributed by atoms with Gasteiger partial charge < -0.3 is 4.74 Å². The summed E-state index contributed by atoms with van der Waals surface area (Å²) >= 11 is 0. The Morgan fingerprint density at radius 3 is 2.24 bits per heavy atom. The van der Waals surface area contributed by atoms with Crippen LogP contribution in [-0.4, -0.2) is 24.9 Å². The molecular formula is C14H24OSi2. The van der Waals surface area contributed by atoms with E-state index in [0.717, 1.165) is 16.8 Å². The fourth-order valence-corrected chi connectivity index (χ4v) is 4.54. The van der Waals surface area contributed by atoms with E-state index in [4.69, 9.17) is 4.74 Å². The van der Waals surface area contributed by atoms with Crippen LogP contribution in [0, 0.1) is 0 Å². The Hall–Kier alpha value is -0.386. The van der Waals surface area contributed by atoms with Crippen LogP contribution in [0.15, 0.2) is 24.3 Å². The molecule has 1 unspecified atom stereocenters. The Labute approximate surface area is 109 Å². The SMILES string of the molecule is C[Si](C)(C)c1ccc(C2([SiH3])CCCCO2)cc1. The summed E-state index contributed by atoms with van der Waals surface area (Å²) in [5, 5.41) is 1.64. The Morgan fingerprint density at radius 1 is 1.12 bits per heavy atom. The van der Waals surface area contributed by atoms with Crippen LogP contribution in [0.3, 0.4) is 0 Å². The van der Waals surface area contributed by atoms with Crippen molar-refractivity contribution < 1.29 is 4.74 Å². The van der Waals surface area contributed by atoms with Crippen molar-refractivity contribution in [2.24, 2.45) is 0 Å². The van der Waals surface area contributed by atoms with Crippen LogP contribution in [0.1, 0.15) is 24.8 Å². The van der Waals surface area contributed by atoms with Gasteiger partial charge in [-0.25, -0.2) is 0 Å². The summed E-state index contributed by atoms with van der Waals surface area (Å²) in [5.41, 5.74) is 1.41. The van der Waals surface area contributed by atoms with Crippen molar-refractivity contribution in [1.82, 2.24) is 0 Å². The summed E-state index contributed by atoms with van der Waals surface area (Å²) in [5.74, 6) is 0. The van der Waals surface area contributed by atoms with Gasteiger partial charge in [0.25, 0.3) is 0 Å². The van der Waals surface area contributed by atoms with Crippen molar-refractivity contribution in [2.75, 3.05) is 6.61 Å². The lowest BCUT2D eigenvalue weighted by atomic mass is 10.0. The van der Waals surface area contributed by atoms with E-state index in [0.29, 0.717) is 0 Å². The second-order valence-electron chi connectivity index (χ2n) is 6.36. The summed E-state index contributed by atoms with van der Waals surface area (Å²) in [6.45, 7) is 8.14. The highest BCUT2D eigenvalue weighted by Crippen LogP contribution is 2.31. The maximum atomic E-state index is 6.05. The second-order valence-corrected chi connectivity index (χ2v) is 13.1. The molecule has 17 heavy (non-hydrogen) atoms. The zero-order valence-corrected chi connectivity index (χ0v) is 14.5. The summed E-state index contributed by atoms with van der Waals surface area (Å²) in [7, 11) is -0.0657. The molecule has 1 aromatic rings. The minimum Gasteiger partial charge on any atom is -0.375 e. The van der Waals surface area contributed by atoms with Gasteiger partial charge >= 0.3 is 0 Å². The normalized spacial score (nSPS) is 26.1. The molecule has 0 amide bonds. The topological polar surface area (TPSA) is 9.23 Å². The molecule has 0 radical (unpaired) electrons. The first-order valence-corrected chi connectivity index (χ1v) is 11.2. The van der Waals surface area contributed by atoms with Gasteiger partial charge in [0, 0.05) is 16.8 Å². The maximum Gasteiger partial charge on any atom is 0.0775 e. The Kier molecular flexibility index (Phi) is 3.62. The molecule has 1 aliphatic heterocycles. The molecule has 0 bridgehead atoms. The van der Waals surface area contributed by atoms with Gasteiger partial charge in [0.15, 0.2) is 0 Å². The Balaban J connectivity index is 2.23. The van der Waals surface area contributed by atoms with Crippen LogP contribution in [0.2, 0.25) is 19.6 Å². The fraction of sp³-hybridized carbons (Fsp3) is 0.571. The molecule has 1 atom stereocenters. The standard InChI is InChI=1S/C14H24OSi2/c1-17(2,3)13-8-6-12(7-9-13)14(16)10-4-5-11-15-14/h6-9H,4-5,10-11H2,1-3,16H3. The van der Waals surface area contributed by atoms with Crippen molar-refractivity contribution in [3.63, 3.8) is 0 Å². The molecule has 3 heteroatoms. The van der Waals surface area contributed by atoms with Gasteiger partial charge in [0.1, 0.15) is 0 Å². The van der Waals surface area contributed by atoms with E-state index in [1.165, 1.54) is 24.8 Å². The smallest absolute Gasteiger partial charge is 0.0775 e. The minimum atomic E-state index is -1.16. The van der Waals surface area contributed by atoms with Crippen LogP contribution in [-0.2, 0) is 9.96 Å². The van der Waals surface area contributed by atoms with E-state index in [-0.39, 0.29) is 5.22 Å². The highest BCUT2D eigenvalue weighted by Gasteiger charge is 2.29. The van der Waals surface area contributed by atoms with Gasteiger partial charge in [-0.1, -0.05) is 49.1 Å². The average Bonchev–Trinajstić information content (AvgIpc) is 2.29. The van der Waals surface area contributed by atoms with Crippen LogP contribution in [0.25, 0.3) is 0 Å². The fourth-order valence-electron chi connectivity index (χ4n) is 2.48. The molecule has 1 aromatic carbocycles. The van der Waals surface area contributed by atoms with Crippen molar-refractivity contribution in [1.29, 1.82) is 0 Å². The van der Waals surface area contributed by atoms with Crippen LogP contribution < -0.4 is 5.19 Å². The van der Waals surface area contributed by atoms with Gasteiger partial charge in [0.05, 0.1) is 13.3 Å². The summed E-state index contributed by atoms with van der Waals surface area (Å²) in [6.07, 6.45) is 3.77. The molecule has 0 aromatic heterocycles. The highest BCUT2D eigenvalue weighted by molar-refractivity contribution is 6.88. The van der Waals surface area contributed by atoms with Crippen LogP contribution >= 0.6 is 0 Å². The van der Waals surface area contributed by atoms with Gasteiger partial charge in [-0.2, -0.15) is 0 Å². The molecule has 1 aliphatic rings. The van der Waals surface area contributed by atoms with E-state index in [1.807, 2.05) is 0 Å². The number of hydrogen-bond donors (Lipinski definition) is 0. The molecule has 2 rings (SSSR count). The zero-order valence-electron chi connectivity index (χ0n) is 11.5. The van der Waals surface area contributed by atoms with E-state index >= 15 is 0 Å². The van der Waals surface area contributed by atoms with E-state index < -0.39 is 8.07 Å². The lowest BCUT2D eigenvalue weighted by Gasteiger charge is -2.35. The van der Waals surface area contributed by atoms with E-state index in [1.54, 1.807) is 5.19 Å². The predicted octanol–water partition coefficient (Wildman–Crippen LogP) is 1.95. The van der Waals surface area contributed by atoms with Crippen molar-refractivity contribution in [3.8, 4) is 0 Å². The largest absolute Gasteiger partial charge is 0.375 e. The van der Waals surface area contributed by atoms with Crippen molar-refractivity contribution in [2.45, 2.75) is 44.1 Å². The molecule has 0 aliphatic carbocycles. The second kappa shape index (κ2) is 4.71. The molecule has 1 heterocycles. The average molecular weight is 265 g/mol. The molecule has 1 nitrogen and oxygen atoms in total. The number of rotatable bonds is 2. The molecule has 0 saturated carbocycles. The third-order valence-corrected chi connectivity index (χ3v) is 7.26. The molecule has 94 valence electrons. The van der Waals surface area contributed by atoms with Crippen LogP contribution in [0.4, 0.5) is 0 Å². The highest BCUT2D eigenvalue weighted by atomic mass is 28.3. The van der Waals surface area contributed by atoms with Crippen molar-refractivity contribution in [3.05, 3.63) is 29.8 Å². The summed E-state index contributed by atoms with van der Waals surface area (Å²) in [4.78, 5) is 0. The molecule has 0 N–H and O–H groups in total. The van der Waals surface area contributed by atoms with Crippen molar-refractivity contribution >= 4 is 23.5 Å². The zero-order chi connectivity index (χ0) is 12.5. The van der Waals surface area contributed by atoms with Gasteiger partial charge in [0.2, 0.25) is 0 Å². The van der Waals surface area contributed by atoms with E-state index in [2.05, 4.69) is 43.9 Å². The Morgan fingerprint density at radius 2 is 1.76 bits per heavy atom. The first-order chi connectivity index (χ1) is 7.92. The van der Waals surface area contributed by atoms with Crippen LogP contribution in [0.5, 0.6) is 0 Å². The minimum absolute atomic E-state index is 0.0935. The molecule has 0 spiro atoms. The maximum absolute atomic E-state index is 6.05. The first kappa shape index (κ1) is 13.1. The van der Waals surface area contributed by atoms with Gasteiger partial charge in [-0.05, 0) is 24.8 Å². The monoisotopic (exact) mass is 264 g/mol.